The molecule has 0 spiro atoms. The Morgan fingerprint density at radius 2 is 1.67 bits per heavy atom. The third kappa shape index (κ3) is 2.49. The van der Waals surface area contributed by atoms with E-state index in [1.54, 1.807) is 0 Å². The number of aromatic amines is 1. The Labute approximate surface area is 140 Å². The molecule has 4 nitrogen and oxygen atoms in total. The number of benzene rings is 2. The van der Waals surface area contributed by atoms with Crippen LogP contribution in [0.3, 0.4) is 0 Å². The fourth-order valence-electron chi connectivity index (χ4n) is 3.74. The summed E-state index contributed by atoms with van der Waals surface area (Å²) < 4.78 is 0. The Hall–Kier alpha value is -2.59. The molecule has 0 bridgehead atoms. The van der Waals surface area contributed by atoms with E-state index in [9.17, 15) is 9.90 Å². The van der Waals surface area contributed by atoms with Crippen molar-refractivity contribution in [3.05, 3.63) is 60.2 Å². The largest absolute Gasteiger partial charge is 0.480 e. The third-order valence-corrected chi connectivity index (χ3v) is 4.82. The van der Waals surface area contributed by atoms with E-state index in [4.69, 9.17) is 0 Å². The maximum Gasteiger partial charge on any atom is 0.325 e. The second-order valence-electron chi connectivity index (χ2n) is 6.31. The summed E-state index contributed by atoms with van der Waals surface area (Å²) in [6, 6.07) is 17.3. The topological polar surface area (TPSA) is 56.3 Å². The van der Waals surface area contributed by atoms with E-state index in [-0.39, 0.29) is 0 Å². The van der Waals surface area contributed by atoms with Crippen molar-refractivity contribution in [3.8, 4) is 11.3 Å². The molecule has 0 unspecified atom stereocenters. The van der Waals surface area contributed by atoms with Gasteiger partial charge in [-0.25, -0.2) is 0 Å². The Bertz CT molecular complexity index is 864. The number of carbonyl (C=O) groups is 1. The van der Waals surface area contributed by atoms with Crippen LogP contribution >= 0.6 is 0 Å². The maximum atomic E-state index is 12.2. The first-order valence-electron chi connectivity index (χ1n) is 8.38. The van der Waals surface area contributed by atoms with E-state index in [0.29, 0.717) is 0 Å². The minimum atomic E-state index is -0.779. The van der Waals surface area contributed by atoms with Crippen molar-refractivity contribution < 1.29 is 9.90 Å². The number of hydrogen-bond donors (Lipinski definition) is 2. The van der Waals surface area contributed by atoms with E-state index in [1.165, 1.54) is 0 Å². The van der Waals surface area contributed by atoms with Gasteiger partial charge in [-0.1, -0.05) is 48.5 Å². The van der Waals surface area contributed by atoms with E-state index in [2.05, 4.69) is 9.88 Å². The molecule has 4 rings (SSSR count). The highest BCUT2D eigenvalue weighted by molar-refractivity contribution is 5.95. The zero-order valence-corrected chi connectivity index (χ0v) is 13.4. The molecule has 0 aliphatic carbocycles. The lowest BCUT2D eigenvalue weighted by Gasteiger charge is -2.24. The van der Waals surface area contributed by atoms with Gasteiger partial charge in [-0.05, 0) is 37.6 Å². The number of para-hydroxylation sites is 1. The average Bonchev–Trinajstić information content (AvgIpc) is 3.25. The monoisotopic (exact) mass is 320 g/mol. The first-order chi connectivity index (χ1) is 11.8. The summed E-state index contributed by atoms with van der Waals surface area (Å²) >= 11 is 0. The highest BCUT2D eigenvalue weighted by Gasteiger charge is 2.33. The molecule has 1 atom stereocenters. The van der Waals surface area contributed by atoms with Crippen LogP contribution in [0.25, 0.3) is 22.2 Å². The van der Waals surface area contributed by atoms with Gasteiger partial charge in [0.1, 0.15) is 6.04 Å². The van der Waals surface area contributed by atoms with Crippen LogP contribution in [-0.2, 0) is 4.79 Å². The molecule has 3 aromatic rings. The lowest BCUT2D eigenvalue weighted by Crippen LogP contribution is -2.32. The molecule has 2 aromatic carbocycles. The van der Waals surface area contributed by atoms with Gasteiger partial charge in [0.15, 0.2) is 0 Å². The molecule has 2 heterocycles. The molecule has 0 amide bonds. The zero-order valence-electron chi connectivity index (χ0n) is 13.4. The fourth-order valence-corrected chi connectivity index (χ4v) is 3.74. The molecular weight excluding hydrogens is 300 g/mol. The van der Waals surface area contributed by atoms with Crippen LogP contribution in [0.5, 0.6) is 0 Å². The van der Waals surface area contributed by atoms with Crippen molar-refractivity contribution in [2.75, 3.05) is 13.1 Å². The minimum Gasteiger partial charge on any atom is -0.480 e. The lowest BCUT2D eigenvalue weighted by atomic mass is 9.98. The number of aromatic nitrogens is 1. The van der Waals surface area contributed by atoms with Crippen molar-refractivity contribution in [3.63, 3.8) is 0 Å². The number of carboxylic acid groups (broad SMARTS) is 1. The Balaban J connectivity index is 1.96. The number of carboxylic acids is 1. The fraction of sp³-hybridized carbons (Fsp3) is 0.250. The second-order valence-corrected chi connectivity index (χ2v) is 6.31. The lowest BCUT2D eigenvalue weighted by molar-refractivity contribution is -0.143. The summed E-state index contributed by atoms with van der Waals surface area (Å²) in [6.07, 6.45) is 2.12. The number of H-pyrrole nitrogens is 1. The summed E-state index contributed by atoms with van der Waals surface area (Å²) in [6.45, 7) is 1.68. The van der Waals surface area contributed by atoms with Crippen molar-refractivity contribution in [2.45, 2.75) is 18.9 Å². The Morgan fingerprint density at radius 3 is 2.38 bits per heavy atom. The number of aliphatic carboxylic acids is 1. The van der Waals surface area contributed by atoms with Gasteiger partial charge in [0.25, 0.3) is 0 Å². The molecule has 4 heteroatoms. The smallest absolute Gasteiger partial charge is 0.325 e. The molecule has 1 aliphatic rings. The Kier molecular flexibility index (Phi) is 3.82. The molecule has 0 radical (unpaired) electrons. The molecule has 0 saturated carbocycles. The van der Waals surface area contributed by atoms with Crippen LogP contribution in [0, 0.1) is 0 Å². The van der Waals surface area contributed by atoms with E-state index in [1.807, 2.05) is 54.6 Å². The highest BCUT2D eigenvalue weighted by Crippen LogP contribution is 2.38. The number of likely N-dealkylation sites (tertiary alicyclic amines) is 1. The quantitative estimate of drug-likeness (QED) is 0.762. The predicted molar refractivity (Wildman–Crippen MR) is 94.9 cm³/mol. The van der Waals surface area contributed by atoms with E-state index < -0.39 is 12.0 Å². The van der Waals surface area contributed by atoms with Gasteiger partial charge in [-0.15, -0.1) is 0 Å². The number of nitrogens with one attached hydrogen (secondary N) is 1. The number of fused-ring (bicyclic) bond motifs is 1. The van der Waals surface area contributed by atoms with Gasteiger partial charge in [0, 0.05) is 16.5 Å². The maximum absolute atomic E-state index is 12.2. The van der Waals surface area contributed by atoms with Gasteiger partial charge < -0.3 is 10.1 Å². The molecule has 1 aromatic heterocycles. The molecular formula is C20H20N2O2. The van der Waals surface area contributed by atoms with Gasteiger partial charge in [-0.3, -0.25) is 9.69 Å². The van der Waals surface area contributed by atoms with Crippen LogP contribution in [-0.4, -0.2) is 34.0 Å². The zero-order chi connectivity index (χ0) is 16.5. The van der Waals surface area contributed by atoms with Gasteiger partial charge in [0.2, 0.25) is 0 Å². The van der Waals surface area contributed by atoms with Gasteiger partial charge in [-0.2, -0.15) is 0 Å². The standard InChI is InChI=1S/C20H20N2O2/c23-20(24)19(22-12-6-7-13-22)17-15-10-4-5-11-16(15)21-18(17)14-8-2-1-3-9-14/h1-5,8-11,19,21H,6-7,12-13H2,(H,23,24)/t19-/m1/s1. The summed E-state index contributed by atoms with van der Waals surface area (Å²) in [4.78, 5) is 17.7. The van der Waals surface area contributed by atoms with Crippen molar-refractivity contribution in [2.24, 2.45) is 0 Å². The molecule has 2 N–H and O–H groups in total. The van der Waals surface area contributed by atoms with Gasteiger partial charge >= 0.3 is 5.97 Å². The minimum absolute atomic E-state index is 0.612. The van der Waals surface area contributed by atoms with Crippen molar-refractivity contribution >= 4 is 16.9 Å². The predicted octanol–water partition coefficient (Wildman–Crippen LogP) is 4.06. The molecule has 1 saturated heterocycles. The summed E-state index contributed by atoms with van der Waals surface area (Å²) in [7, 11) is 0. The number of hydrogen-bond acceptors (Lipinski definition) is 2. The normalized spacial score (nSPS) is 16.5. The molecule has 122 valence electrons. The SMILES string of the molecule is O=C(O)[C@@H](c1c(-c2ccccc2)[nH]c2ccccc12)N1CCCC1. The van der Waals surface area contributed by atoms with Gasteiger partial charge in [0.05, 0.1) is 5.69 Å². The van der Waals surface area contributed by atoms with Crippen molar-refractivity contribution in [1.29, 1.82) is 0 Å². The highest BCUT2D eigenvalue weighted by atomic mass is 16.4. The van der Waals surface area contributed by atoms with E-state index in [0.717, 1.165) is 53.7 Å². The number of nitrogens with zero attached hydrogens (tertiary/aromatic N) is 1. The summed E-state index contributed by atoms with van der Waals surface area (Å²) in [5.74, 6) is -0.779. The third-order valence-electron chi connectivity index (χ3n) is 4.82. The summed E-state index contributed by atoms with van der Waals surface area (Å²) in [5, 5.41) is 11.0. The van der Waals surface area contributed by atoms with E-state index >= 15 is 0 Å². The van der Waals surface area contributed by atoms with Crippen molar-refractivity contribution in [1.82, 2.24) is 9.88 Å². The van der Waals surface area contributed by atoms with Crippen LogP contribution in [0.15, 0.2) is 54.6 Å². The van der Waals surface area contributed by atoms with Crippen LogP contribution in [0.4, 0.5) is 0 Å². The molecule has 1 aliphatic heterocycles. The second kappa shape index (κ2) is 6.13. The first kappa shape index (κ1) is 15.0. The average molecular weight is 320 g/mol. The Morgan fingerprint density at radius 1 is 1.00 bits per heavy atom. The van der Waals surface area contributed by atoms with Crippen LogP contribution in [0.2, 0.25) is 0 Å². The molecule has 24 heavy (non-hydrogen) atoms. The van der Waals surface area contributed by atoms with Crippen LogP contribution < -0.4 is 0 Å². The summed E-state index contributed by atoms with van der Waals surface area (Å²) in [5.41, 5.74) is 3.80. The first-order valence-corrected chi connectivity index (χ1v) is 8.38. The van der Waals surface area contributed by atoms with Crippen LogP contribution in [0.1, 0.15) is 24.4 Å². The molecule has 1 fully saturated rings. The number of rotatable bonds is 4.